The van der Waals surface area contributed by atoms with E-state index in [-0.39, 0.29) is 32.6 Å². The fraction of sp³-hybridized carbons (Fsp3) is 0.120. The molecule has 4 rings (SSSR count). The van der Waals surface area contributed by atoms with Crippen molar-refractivity contribution in [3.05, 3.63) is 98.8 Å². The number of aliphatic hydroxyl groups excluding tert-OH is 1. The highest BCUT2D eigenvalue weighted by Gasteiger charge is 2.47. The minimum atomic E-state index is -1.02. The Kier molecular flexibility index (Phi) is 6.15. The van der Waals surface area contributed by atoms with Gasteiger partial charge < -0.3 is 9.84 Å². The van der Waals surface area contributed by atoms with Gasteiger partial charge in [-0.3, -0.25) is 14.5 Å². The number of Topliss-reactive ketones (excluding diaryl/α,β-unsaturated/α-hetero) is 1. The molecule has 33 heavy (non-hydrogen) atoms. The van der Waals surface area contributed by atoms with E-state index in [4.69, 9.17) is 27.9 Å². The molecule has 1 aliphatic rings. The third kappa shape index (κ3) is 4.08. The first-order chi connectivity index (χ1) is 15.7. The van der Waals surface area contributed by atoms with E-state index in [0.717, 1.165) is 11.6 Å². The Bertz CT molecular complexity index is 1320. The summed E-state index contributed by atoms with van der Waals surface area (Å²) in [5, 5.41) is 11.6. The number of aryl methyl sites for hydroxylation is 1. The summed E-state index contributed by atoms with van der Waals surface area (Å²) in [5.41, 5.74) is 1.49. The minimum absolute atomic E-state index is 0.0601. The average Bonchev–Trinajstić information content (AvgIpc) is 3.03. The number of halogens is 3. The summed E-state index contributed by atoms with van der Waals surface area (Å²) in [6.45, 7) is 1.86. The molecule has 1 amide bonds. The molecule has 168 valence electrons. The highest BCUT2D eigenvalue weighted by molar-refractivity contribution is 6.51. The predicted octanol–water partition coefficient (Wildman–Crippen LogP) is 6.08. The molecular formula is C25H18Cl2FNO4. The maximum absolute atomic E-state index is 14.0. The number of hydrogen-bond acceptors (Lipinski definition) is 4. The first-order valence-corrected chi connectivity index (χ1v) is 10.6. The highest BCUT2D eigenvalue weighted by Crippen LogP contribution is 2.45. The highest BCUT2D eigenvalue weighted by atomic mass is 35.5. The Morgan fingerprint density at radius 2 is 1.79 bits per heavy atom. The molecule has 5 nitrogen and oxygen atoms in total. The Hall–Kier alpha value is -3.35. The lowest BCUT2D eigenvalue weighted by Gasteiger charge is -2.26. The molecule has 1 saturated heterocycles. The smallest absolute Gasteiger partial charge is 0.300 e. The maximum atomic E-state index is 14.0. The summed E-state index contributed by atoms with van der Waals surface area (Å²) in [7, 11) is 1.36. The van der Waals surface area contributed by atoms with Crippen LogP contribution in [0.1, 0.15) is 22.7 Å². The number of ether oxygens (including phenoxy) is 1. The van der Waals surface area contributed by atoms with Gasteiger partial charge in [0.15, 0.2) is 0 Å². The normalized spacial score (nSPS) is 17.5. The summed E-state index contributed by atoms with van der Waals surface area (Å²) >= 11 is 12.4. The quantitative estimate of drug-likeness (QED) is 0.276. The zero-order valence-corrected chi connectivity index (χ0v) is 19.1. The van der Waals surface area contributed by atoms with Gasteiger partial charge in [-0.15, -0.1) is 0 Å². The summed E-state index contributed by atoms with van der Waals surface area (Å²) in [6, 6.07) is 14.3. The summed E-state index contributed by atoms with van der Waals surface area (Å²) in [5.74, 6) is -2.80. The SMILES string of the molecule is COc1c(Cl)cc(Cl)cc1/C(O)=C1\C(=O)C(=O)N(c2cccc(F)c2)C1c1cccc(C)c1. The van der Waals surface area contributed by atoms with Crippen molar-refractivity contribution in [2.45, 2.75) is 13.0 Å². The molecular weight excluding hydrogens is 468 g/mol. The number of rotatable bonds is 4. The van der Waals surface area contributed by atoms with E-state index in [1.807, 2.05) is 13.0 Å². The molecule has 8 heteroatoms. The van der Waals surface area contributed by atoms with Crippen LogP contribution in [-0.4, -0.2) is 23.9 Å². The number of nitrogens with zero attached hydrogens (tertiary/aromatic N) is 1. The van der Waals surface area contributed by atoms with Crippen LogP contribution in [0.5, 0.6) is 5.75 Å². The van der Waals surface area contributed by atoms with Gasteiger partial charge in [0.05, 0.1) is 29.3 Å². The lowest BCUT2D eigenvalue weighted by Crippen LogP contribution is -2.29. The zero-order chi connectivity index (χ0) is 23.9. The topological polar surface area (TPSA) is 66.8 Å². The molecule has 3 aromatic rings. The maximum Gasteiger partial charge on any atom is 0.300 e. The Morgan fingerprint density at radius 3 is 2.45 bits per heavy atom. The second-order valence-electron chi connectivity index (χ2n) is 7.53. The molecule has 0 bridgehead atoms. The standard InChI is InChI=1S/C25H18Cl2FNO4/c1-13-5-3-6-14(9-13)21-20(22(30)18-10-15(26)11-19(27)24(18)33-2)23(31)25(32)29(21)17-8-4-7-16(28)12-17/h3-12,21,30H,1-2H3/b22-20+. The first-order valence-electron chi connectivity index (χ1n) is 9.89. The molecule has 1 fully saturated rings. The van der Waals surface area contributed by atoms with Gasteiger partial charge in [0, 0.05) is 10.7 Å². The molecule has 1 unspecified atom stereocenters. The van der Waals surface area contributed by atoms with E-state index in [2.05, 4.69) is 0 Å². The van der Waals surface area contributed by atoms with Gasteiger partial charge in [0.1, 0.15) is 17.3 Å². The van der Waals surface area contributed by atoms with Crippen molar-refractivity contribution >= 4 is 46.3 Å². The summed E-state index contributed by atoms with van der Waals surface area (Å²) < 4.78 is 19.3. The Morgan fingerprint density at radius 1 is 1.06 bits per heavy atom. The van der Waals surface area contributed by atoms with E-state index in [0.29, 0.717) is 5.56 Å². The fourth-order valence-electron chi connectivity index (χ4n) is 3.97. The fourth-order valence-corrected chi connectivity index (χ4v) is 4.54. The van der Waals surface area contributed by atoms with Crippen molar-refractivity contribution in [3.63, 3.8) is 0 Å². The number of anilines is 1. The van der Waals surface area contributed by atoms with Crippen molar-refractivity contribution in [2.75, 3.05) is 12.0 Å². The minimum Gasteiger partial charge on any atom is -0.507 e. The van der Waals surface area contributed by atoms with Crippen molar-refractivity contribution in [3.8, 4) is 5.75 Å². The van der Waals surface area contributed by atoms with Crippen molar-refractivity contribution in [1.82, 2.24) is 0 Å². The van der Waals surface area contributed by atoms with Gasteiger partial charge in [-0.2, -0.15) is 0 Å². The van der Waals surface area contributed by atoms with Crippen LogP contribution in [0.3, 0.4) is 0 Å². The molecule has 1 N–H and O–H groups in total. The van der Waals surface area contributed by atoms with Crippen molar-refractivity contribution < 1.29 is 23.8 Å². The molecule has 3 aromatic carbocycles. The lowest BCUT2D eigenvalue weighted by molar-refractivity contribution is -0.132. The first kappa shape index (κ1) is 22.8. The lowest BCUT2D eigenvalue weighted by atomic mass is 9.94. The van der Waals surface area contributed by atoms with Crippen molar-refractivity contribution in [1.29, 1.82) is 0 Å². The Balaban J connectivity index is 2.02. The molecule has 1 heterocycles. The van der Waals surface area contributed by atoms with Crippen LogP contribution in [0, 0.1) is 12.7 Å². The van der Waals surface area contributed by atoms with Gasteiger partial charge in [-0.25, -0.2) is 4.39 Å². The Labute approximate surface area is 199 Å². The largest absolute Gasteiger partial charge is 0.507 e. The van der Waals surface area contributed by atoms with E-state index in [9.17, 15) is 19.1 Å². The van der Waals surface area contributed by atoms with Crippen LogP contribution in [0.2, 0.25) is 10.0 Å². The van der Waals surface area contributed by atoms with Gasteiger partial charge in [0.25, 0.3) is 11.7 Å². The van der Waals surface area contributed by atoms with Crippen molar-refractivity contribution in [2.24, 2.45) is 0 Å². The van der Waals surface area contributed by atoms with Crippen LogP contribution < -0.4 is 9.64 Å². The molecule has 0 saturated carbocycles. The molecule has 0 aromatic heterocycles. The van der Waals surface area contributed by atoms with Crippen LogP contribution in [0.4, 0.5) is 10.1 Å². The zero-order valence-electron chi connectivity index (χ0n) is 17.6. The third-order valence-electron chi connectivity index (χ3n) is 5.36. The molecule has 0 spiro atoms. The van der Waals surface area contributed by atoms with E-state index < -0.39 is 29.3 Å². The van der Waals surface area contributed by atoms with Gasteiger partial charge in [-0.05, 0) is 42.8 Å². The number of carbonyl (C=O) groups is 2. The average molecular weight is 486 g/mol. The summed E-state index contributed by atoms with van der Waals surface area (Å²) in [6.07, 6.45) is 0. The summed E-state index contributed by atoms with van der Waals surface area (Å²) in [4.78, 5) is 27.5. The van der Waals surface area contributed by atoms with Crippen LogP contribution in [0.15, 0.2) is 66.2 Å². The van der Waals surface area contributed by atoms with Gasteiger partial charge in [-0.1, -0.05) is 59.1 Å². The van der Waals surface area contributed by atoms with Gasteiger partial charge >= 0.3 is 0 Å². The van der Waals surface area contributed by atoms with E-state index >= 15 is 0 Å². The number of benzene rings is 3. The number of hydrogen-bond donors (Lipinski definition) is 1. The van der Waals surface area contributed by atoms with Crippen LogP contribution in [0.25, 0.3) is 5.76 Å². The number of aliphatic hydroxyl groups is 1. The second-order valence-corrected chi connectivity index (χ2v) is 8.38. The molecule has 1 aliphatic heterocycles. The monoisotopic (exact) mass is 485 g/mol. The van der Waals surface area contributed by atoms with Crippen LogP contribution in [-0.2, 0) is 9.59 Å². The number of amides is 1. The third-order valence-corrected chi connectivity index (χ3v) is 5.86. The molecule has 0 radical (unpaired) electrons. The number of methoxy groups -OCH3 is 1. The second kappa shape index (κ2) is 8.89. The number of ketones is 1. The molecule has 1 atom stereocenters. The van der Waals surface area contributed by atoms with Gasteiger partial charge in [0.2, 0.25) is 0 Å². The van der Waals surface area contributed by atoms with E-state index in [1.165, 1.54) is 42.3 Å². The van der Waals surface area contributed by atoms with E-state index in [1.54, 1.807) is 18.2 Å². The predicted molar refractivity (Wildman–Crippen MR) is 125 cm³/mol. The number of carbonyl (C=O) groups excluding carboxylic acids is 2. The van der Waals surface area contributed by atoms with Crippen LogP contribution >= 0.6 is 23.2 Å². The molecule has 0 aliphatic carbocycles.